The largest absolute Gasteiger partial charge is 0.472 e. The Balaban J connectivity index is 4.33. The summed E-state index contributed by atoms with van der Waals surface area (Å²) in [6, 6.07) is 0. The fraction of sp³-hybridized carbons (Fsp3) is 0.593. The molecular weight excluding hydrogens is 840 g/mol. The highest BCUT2D eigenvalue weighted by molar-refractivity contribution is 7.47. The summed E-state index contributed by atoms with van der Waals surface area (Å²) in [5, 5.41) is 18.4. The number of hydrogen-bond donors (Lipinski definition) is 3. The van der Waals surface area contributed by atoms with Crippen molar-refractivity contribution in [2.75, 3.05) is 26.4 Å². The van der Waals surface area contributed by atoms with E-state index in [2.05, 4.69) is 123 Å². The molecule has 0 aromatic rings. The van der Waals surface area contributed by atoms with Crippen molar-refractivity contribution in [1.82, 2.24) is 0 Å². The van der Waals surface area contributed by atoms with Crippen molar-refractivity contribution in [1.29, 1.82) is 0 Å². The molecule has 0 saturated carbocycles. The van der Waals surface area contributed by atoms with E-state index >= 15 is 0 Å². The molecule has 368 valence electrons. The molecule has 0 spiro atoms. The third kappa shape index (κ3) is 48.1. The first-order valence-corrected chi connectivity index (χ1v) is 26.0. The number of hydrogen-bond acceptors (Lipinski definition) is 9. The quantitative estimate of drug-likeness (QED) is 0.0233. The third-order valence-electron chi connectivity index (χ3n) is 9.62. The topological polar surface area (TPSA) is 149 Å². The van der Waals surface area contributed by atoms with Gasteiger partial charge in [-0.3, -0.25) is 18.6 Å². The Hall–Kier alpha value is -3.63. The van der Waals surface area contributed by atoms with Crippen molar-refractivity contribution in [3.63, 3.8) is 0 Å². The molecule has 3 atom stereocenters. The van der Waals surface area contributed by atoms with Crippen LogP contribution in [-0.2, 0) is 32.7 Å². The van der Waals surface area contributed by atoms with Gasteiger partial charge in [0.2, 0.25) is 0 Å². The van der Waals surface area contributed by atoms with Crippen LogP contribution < -0.4 is 0 Å². The number of carbonyl (C=O) groups excluding carboxylic acids is 2. The van der Waals surface area contributed by atoms with Crippen molar-refractivity contribution >= 4 is 19.8 Å². The minimum atomic E-state index is -4.65. The van der Waals surface area contributed by atoms with Crippen molar-refractivity contribution in [3.8, 4) is 0 Å². The molecule has 0 saturated heterocycles. The number of allylic oxidation sites excluding steroid dienone is 20. The third-order valence-corrected chi connectivity index (χ3v) is 10.6. The minimum absolute atomic E-state index is 0.0509. The first kappa shape index (κ1) is 61.4. The molecule has 0 heterocycles. The summed E-state index contributed by atoms with van der Waals surface area (Å²) >= 11 is 0. The molecule has 0 aliphatic rings. The number of rotatable bonds is 44. The highest BCUT2D eigenvalue weighted by Gasteiger charge is 2.27. The first-order valence-electron chi connectivity index (χ1n) is 24.5. The van der Waals surface area contributed by atoms with Gasteiger partial charge in [0.05, 0.1) is 19.8 Å². The fourth-order valence-corrected chi connectivity index (χ4v) is 6.74. The molecule has 0 aliphatic heterocycles. The predicted octanol–water partition coefficient (Wildman–Crippen LogP) is 13.9. The van der Waals surface area contributed by atoms with Crippen LogP contribution in [0.4, 0.5) is 0 Å². The van der Waals surface area contributed by atoms with Crippen molar-refractivity contribution in [2.45, 2.75) is 180 Å². The Labute approximate surface area is 394 Å². The molecule has 0 fully saturated rings. The number of carbonyl (C=O) groups is 2. The van der Waals surface area contributed by atoms with Gasteiger partial charge in [-0.15, -0.1) is 0 Å². The van der Waals surface area contributed by atoms with Gasteiger partial charge in [0.15, 0.2) is 6.10 Å². The van der Waals surface area contributed by atoms with E-state index in [0.717, 1.165) is 89.9 Å². The zero-order valence-corrected chi connectivity index (χ0v) is 41.0. The molecular formula is C54H87O10P. The number of aliphatic hydroxyl groups excluding tert-OH is 2. The maximum atomic E-state index is 12.6. The summed E-state index contributed by atoms with van der Waals surface area (Å²) in [5.41, 5.74) is 0. The summed E-state index contributed by atoms with van der Waals surface area (Å²) in [6.45, 7) is 2.05. The number of unbranched alkanes of at least 4 members (excludes halogenated alkanes) is 10. The smallest absolute Gasteiger partial charge is 0.462 e. The van der Waals surface area contributed by atoms with E-state index in [4.69, 9.17) is 23.6 Å². The lowest BCUT2D eigenvalue weighted by atomic mass is 10.1. The van der Waals surface area contributed by atoms with E-state index < -0.39 is 51.8 Å². The van der Waals surface area contributed by atoms with Gasteiger partial charge in [0.25, 0.3) is 0 Å². The molecule has 65 heavy (non-hydrogen) atoms. The Morgan fingerprint density at radius 1 is 0.462 bits per heavy atom. The SMILES string of the molecule is CC/C=C\C/C=C\C/C=C\C/C=C\C/C=C\C/C=C\CCC(=O)OC(COC(=O)CCCCCCCCCCCC/C=C\C/C=C\C/C=C\C/C=C\CC)COP(=O)(O)OCC(O)CO. The monoisotopic (exact) mass is 927 g/mol. The second-order valence-corrected chi connectivity index (χ2v) is 17.2. The molecule has 3 N–H and O–H groups in total. The number of ether oxygens (including phenoxy) is 2. The molecule has 3 unspecified atom stereocenters. The standard InChI is InChI=1S/C54H87O10P/c1-3-5-7-9-11-13-15-17-19-21-23-24-25-26-28-29-31-33-35-37-39-41-43-45-53(57)61-49-52(50-63-65(59,60)62-48-51(56)47-55)64-54(58)46-44-42-40-38-36-34-32-30-27-22-20-18-16-14-12-10-8-6-4-2/h5-8,11-14,17-20,23-24,27,30,34,36,40,42,51-52,55-56H,3-4,9-10,15-16,21-22,25-26,28-29,31-33,35,37-39,41,43-50H2,1-2H3,(H,59,60)/b7-5-,8-6-,13-11-,14-12-,19-17-,20-18-,24-23-,30-27-,36-34-,42-40-. The Morgan fingerprint density at radius 3 is 1.26 bits per heavy atom. The highest BCUT2D eigenvalue weighted by atomic mass is 31.2. The van der Waals surface area contributed by atoms with Crippen LogP contribution in [0.1, 0.15) is 168 Å². The van der Waals surface area contributed by atoms with Crippen LogP contribution in [0.3, 0.4) is 0 Å². The average Bonchev–Trinajstić information content (AvgIpc) is 3.30. The summed E-state index contributed by atoms with van der Waals surface area (Å²) in [6.07, 6.45) is 63.2. The van der Waals surface area contributed by atoms with Gasteiger partial charge in [0, 0.05) is 12.8 Å². The number of esters is 2. The van der Waals surface area contributed by atoms with Crippen LogP contribution in [-0.4, -0.2) is 65.7 Å². The van der Waals surface area contributed by atoms with Crippen LogP contribution >= 0.6 is 7.82 Å². The van der Waals surface area contributed by atoms with Gasteiger partial charge in [-0.1, -0.05) is 187 Å². The molecule has 11 heteroatoms. The minimum Gasteiger partial charge on any atom is -0.462 e. The van der Waals surface area contributed by atoms with E-state index in [1.54, 1.807) is 0 Å². The Morgan fingerprint density at radius 2 is 0.831 bits per heavy atom. The van der Waals surface area contributed by atoms with E-state index in [1.165, 1.54) is 38.5 Å². The zero-order valence-electron chi connectivity index (χ0n) is 40.1. The molecule has 10 nitrogen and oxygen atoms in total. The summed E-state index contributed by atoms with van der Waals surface area (Å²) < 4.78 is 32.7. The molecule has 0 aromatic heterocycles. The van der Waals surface area contributed by atoms with Gasteiger partial charge in [0.1, 0.15) is 12.7 Å². The van der Waals surface area contributed by atoms with E-state index in [9.17, 15) is 24.2 Å². The molecule has 0 radical (unpaired) electrons. The maximum Gasteiger partial charge on any atom is 0.472 e. The van der Waals surface area contributed by atoms with Gasteiger partial charge < -0.3 is 24.6 Å². The Bertz CT molecular complexity index is 1490. The molecule has 0 aliphatic carbocycles. The second-order valence-electron chi connectivity index (χ2n) is 15.7. The molecule has 0 bridgehead atoms. The molecule has 0 aromatic carbocycles. The summed E-state index contributed by atoms with van der Waals surface area (Å²) in [4.78, 5) is 35.1. The van der Waals surface area contributed by atoms with Gasteiger partial charge in [-0.2, -0.15) is 0 Å². The van der Waals surface area contributed by atoms with Crippen LogP contribution in [0.15, 0.2) is 122 Å². The predicted molar refractivity (Wildman–Crippen MR) is 269 cm³/mol. The molecule has 0 rings (SSSR count). The van der Waals surface area contributed by atoms with Crippen molar-refractivity contribution < 1.29 is 47.8 Å². The number of aliphatic hydroxyl groups is 2. The first-order chi connectivity index (χ1) is 31.7. The van der Waals surface area contributed by atoms with Crippen LogP contribution in [0.25, 0.3) is 0 Å². The van der Waals surface area contributed by atoms with Crippen LogP contribution in [0.5, 0.6) is 0 Å². The van der Waals surface area contributed by atoms with Gasteiger partial charge >= 0.3 is 19.8 Å². The fourth-order valence-electron chi connectivity index (χ4n) is 5.95. The van der Waals surface area contributed by atoms with Crippen LogP contribution in [0.2, 0.25) is 0 Å². The zero-order chi connectivity index (χ0) is 47.6. The van der Waals surface area contributed by atoms with E-state index in [-0.39, 0.29) is 19.4 Å². The number of phosphoric ester groups is 1. The van der Waals surface area contributed by atoms with Crippen molar-refractivity contribution in [3.05, 3.63) is 122 Å². The van der Waals surface area contributed by atoms with Gasteiger partial charge in [-0.05, 0) is 89.9 Å². The number of phosphoric acid groups is 1. The highest BCUT2D eigenvalue weighted by Crippen LogP contribution is 2.43. The molecule has 0 amide bonds. The van der Waals surface area contributed by atoms with Gasteiger partial charge in [-0.25, -0.2) is 4.57 Å². The van der Waals surface area contributed by atoms with E-state index in [0.29, 0.717) is 12.8 Å². The normalized spacial score (nSPS) is 14.7. The lowest BCUT2D eigenvalue weighted by molar-refractivity contribution is -0.161. The lowest BCUT2D eigenvalue weighted by Gasteiger charge is -2.20. The van der Waals surface area contributed by atoms with Crippen molar-refractivity contribution in [2.24, 2.45) is 0 Å². The maximum absolute atomic E-state index is 12.6. The second kappa shape index (κ2) is 48.3. The summed E-state index contributed by atoms with van der Waals surface area (Å²) in [5.74, 6) is -1.04. The van der Waals surface area contributed by atoms with E-state index in [1.807, 2.05) is 12.2 Å². The average molecular weight is 927 g/mol. The Kier molecular flexibility index (Phi) is 45.6. The lowest BCUT2D eigenvalue weighted by Crippen LogP contribution is -2.29. The summed E-state index contributed by atoms with van der Waals surface area (Å²) in [7, 11) is -4.65. The van der Waals surface area contributed by atoms with Crippen LogP contribution in [0, 0.1) is 0 Å².